The van der Waals surface area contributed by atoms with Gasteiger partial charge >= 0.3 is 29.9 Å². The summed E-state index contributed by atoms with van der Waals surface area (Å²) in [6.45, 7) is 5.96. The van der Waals surface area contributed by atoms with Crippen LogP contribution in [0.25, 0.3) is 0 Å². The van der Waals surface area contributed by atoms with Gasteiger partial charge in [0.15, 0.2) is 0 Å². The van der Waals surface area contributed by atoms with Gasteiger partial charge in [0.1, 0.15) is 6.04 Å². The number of hydrogen-bond donors (Lipinski definition) is 11. The van der Waals surface area contributed by atoms with Crippen molar-refractivity contribution in [3.05, 3.63) is 29.8 Å². The van der Waals surface area contributed by atoms with Gasteiger partial charge in [0.2, 0.25) is 17.7 Å². The van der Waals surface area contributed by atoms with E-state index in [1.807, 2.05) is 18.7 Å². The summed E-state index contributed by atoms with van der Waals surface area (Å²) in [5.74, 6) is -3.96. The van der Waals surface area contributed by atoms with E-state index in [0.717, 1.165) is 24.2 Å². The third-order valence-electron chi connectivity index (χ3n) is 11.4. The molecule has 1 heterocycles. The Labute approximate surface area is 431 Å². The Hall–Kier alpha value is -5.19. The molecule has 0 aromatic heterocycles. The molecule has 5 amide bonds. The largest absolute Gasteiger partial charge is 0.480 e. The number of aliphatic carboxylic acids is 4. The average molecular weight is 1060 g/mol. The number of ether oxygens (including phenoxy) is 4. The first-order chi connectivity index (χ1) is 34.9. The zero-order chi connectivity index (χ0) is 53.8. The number of thioether (sulfide) groups is 1. The molecule has 2 rings (SSSR count). The van der Waals surface area contributed by atoms with Gasteiger partial charge < -0.3 is 77.0 Å². The number of unbranched alkanes of at least 4 members (excludes halogenated alkanes) is 1. The van der Waals surface area contributed by atoms with Crippen LogP contribution in [0.15, 0.2) is 24.3 Å². The lowest BCUT2D eigenvalue weighted by molar-refractivity contribution is -0.140. The molecule has 0 radical (unpaired) electrons. The number of nitrogens with zero attached hydrogens (tertiary/aromatic N) is 2. The highest BCUT2D eigenvalue weighted by molar-refractivity contribution is 8.00. The van der Waals surface area contributed by atoms with Crippen molar-refractivity contribution in [1.82, 2.24) is 36.4 Å². The minimum absolute atomic E-state index is 0.0692. The number of benzene rings is 1. The monoisotopic (exact) mass is 1060 g/mol. The number of urea groups is 1. The number of anilines is 1. The highest BCUT2D eigenvalue weighted by Gasteiger charge is 2.33. The zero-order valence-electron chi connectivity index (χ0n) is 42.1. The maximum Gasteiger partial charge on any atom is 0.317 e. The second kappa shape index (κ2) is 38.4. The summed E-state index contributed by atoms with van der Waals surface area (Å²) in [7, 11) is 0. The number of carbonyl (C=O) groups excluding carboxylic acids is 4. The molecule has 1 unspecified atom stereocenters. The number of carboxylic acids is 4. The molecule has 1 aromatic carbocycles. The number of carbonyl (C=O) groups is 8. The van der Waals surface area contributed by atoms with Crippen LogP contribution in [0.4, 0.5) is 10.5 Å². The van der Waals surface area contributed by atoms with E-state index in [9.17, 15) is 53.7 Å². The van der Waals surface area contributed by atoms with E-state index in [0.29, 0.717) is 75.6 Å². The standard InChI is InChI=1S/C47H79N9O16S/c1-3-37(53-40(57)7-5-4-6-39-33(2)38(32-73-39)54-47(48)68)46(67)50-14-19-70-21-23-72-25-24-71-22-20-69-18-12-41(58)52-35-10-8-34(9-11-35)26-36(51-28-43(61)62)29-56(31-45(65)66)17-16-55(30-44(63)64)15-13-49-27-42(59)60/h8-11,33,36-39,49,51H,3-7,12-32H2,1-2H3,(H,50,67)(H,52,58)(H,53,57)(H,59,60)(H,61,62)(H,63,64)(H,65,66)(H3,48,54,68)/t33-,36?,37+,38-,39-/m0/s1. The molecular weight excluding hydrogens is 979 g/mol. The second-order valence-corrected chi connectivity index (χ2v) is 18.7. The highest BCUT2D eigenvalue weighted by atomic mass is 32.2. The first-order valence-electron chi connectivity index (χ1n) is 24.7. The molecule has 1 saturated heterocycles. The fraction of sp³-hybridized carbons (Fsp3) is 0.702. The van der Waals surface area contributed by atoms with Crippen LogP contribution in [0.1, 0.15) is 57.9 Å². The van der Waals surface area contributed by atoms with Gasteiger partial charge in [-0.15, -0.1) is 0 Å². The smallest absolute Gasteiger partial charge is 0.317 e. The Kier molecular flexibility index (Phi) is 33.6. The summed E-state index contributed by atoms with van der Waals surface area (Å²) in [6, 6.07) is 5.34. The van der Waals surface area contributed by atoms with Crippen molar-refractivity contribution in [3.8, 4) is 0 Å². The number of rotatable bonds is 44. The lowest BCUT2D eigenvalue weighted by Gasteiger charge is -2.29. The predicted octanol–water partition coefficient (Wildman–Crippen LogP) is -0.526. The molecule has 12 N–H and O–H groups in total. The molecule has 414 valence electrons. The molecule has 0 bridgehead atoms. The van der Waals surface area contributed by atoms with Gasteiger partial charge in [-0.05, 0) is 49.3 Å². The molecule has 73 heavy (non-hydrogen) atoms. The number of nitrogens with two attached hydrogens (primary N) is 1. The van der Waals surface area contributed by atoms with Crippen molar-refractivity contribution >= 4 is 65.1 Å². The van der Waals surface area contributed by atoms with E-state index < -0.39 is 42.0 Å². The van der Waals surface area contributed by atoms with Crippen LogP contribution in [-0.4, -0.2) is 225 Å². The van der Waals surface area contributed by atoms with Crippen LogP contribution in [-0.2, 0) is 58.9 Å². The molecule has 0 spiro atoms. The molecule has 1 aromatic rings. The Morgan fingerprint density at radius 2 is 1.33 bits per heavy atom. The SMILES string of the molecule is CC[C@@H](NC(=O)CCCC[C@@H]1SC[C@H](NC(N)=O)[C@@H]1C)C(=O)NCCOCCOCCOCCOCCC(=O)Nc1ccc(CC(CN(CCN(CCNCC(=O)O)CC(=O)O)CC(=O)O)NCC(=O)O)cc1. The number of nitrogens with one attached hydrogen (secondary N) is 6. The highest BCUT2D eigenvalue weighted by Crippen LogP contribution is 2.35. The summed E-state index contributed by atoms with van der Waals surface area (Å²) in [4.78, 5) is 97.3. The topological polar surface area (TPSA) is 359 Å². The van der Waals surface area contributed by atoms with Crippen LogP contribution in [0, 0.1) is 5.92 Å². The Morgan fingerprint density at radius 3 is 1.93 bits per heavy atom. The first kappa shape index (κ1) is 63.9. The first-order valence-corrected chi connectivity index (χ1v) is 25.7. The molecule has 25 nitrogen and oxygen atoms in total. The molecule has 5 atom stereocenters. The number of primary amides is 1. The van der Waals surface area contributed by atoms with Crippen molar-refractivity contribution < 1.29 is 77.7 Å². The summed E-state index contributed by atoms with van der Waals surface area (Å²) in [5, 5.41) is 54.3. The van der Waals surface area contributed by atoms with Crippen LogP contribution in [0.2, 0.25) is 0 Å². The lowest BCUT2D eigenvalue weighted by Crippen LogP contribution is -2.48. The van der Waals surface area contributed by atoms with Crippen molar-refractivity contribution in [3.63, 3.8) is 0 Å². The van der Waals surface area contributed by atoms with Crippen LogP contribution < -0.4 is 37.6 Å². The molecule has 26 heteroatoms. The summed E-state index contributed by atoms with van der Waals surface area (Å²) < 4.78 is 22.1. The maximum atomic E-state index is 12.6. The van der Waals surface area contributed by atoms with Gasteiger partial charge in [0.25, 0.3) is 0 Å². The van der Waals surface area contributed by atoms with E-state index in [4.69, 9.17) is 29.8 Å². The van der Waals surface area contributed by atoms with E-state index in [2.05, 4.69) is 38.8 Å². The maximum absolute atomic E-state index is 12.6. The van der Waals surface area contributed by atoms with Crippen molar-refractivity contribution in [2.75, 3.05) is 129 Å². The minimum Gasteiger partial charge on any atom is -0.480 e. The third-order valence-corrected chi connectivity index (χ3v) is 13.1. The lowest BCUT2D eigenvalue weighted by atomic mass is 9.96. The zero-order valence-corrected chi connectivity index (χ0v) is 43.0. The van der Waals surface area contributed by atoms with Gasteiger partial charge in [0.05, 0.1) is 85.5 Å². The molecule has 0 saturated carbocycles. The molecule has 1 fully saturated rings. The fourth-order valence-electron chi connectivity index (χ4n) is 7.62. The quantitative estimate of drug-likeness (QED) is 0.0366. The van der Waals surface area contributed by atoms with E-state index >= 15 is 0 Å². The van der Waals surface area contributed by atoms with Gasteiger partial charge in [-0.25, -0.2) is 4.79 Å². The van der Waals surface area contributed by atoms with E-state index in [-0.39, 0.29) is 115 Å². The predicted molar refractivity (Wildman–Crippen MR) is 270 cm³/mol. The molecule has 0 aliphatic carbocycles. The van der Waals surface area contributed by atoms with Crippen LogP contribution in [0.5, 0.6) is 0 Å². The third kappa shape index (κ3) is 31.9. The van der Waals surface area contributed by atoms with E-state index in [1.54, 1.807) is 34.1 Å². The van der Waals surface area contributed by atoms with Crippen molar-refractivity contribution in [1.29, 1.82) is 0 Å². The average Bonchev–Trinajstić information content (AvgIpc) is 3.67. The van der Waals surface area contributed by atoms with Gasteiger partial charge in [-0.1, -0.05) is 32.4 Å². The second-order valence-electron chi connectivity index (χ2n) is 17.4. The van der Waals surface area contributed by atoms with E-state index in [1.165, 1.54) is 0 Å². The number of carboxylic acid groups (broad SMARTS) is 4. The summed E-state index contributed by atoms with van der Waals surface area (Å²) in [5.41, 5.74) is 6.58. The molecule has 1 aliphatic rings. The molecular formula is C47H79N9O16S. The fourth-order valence-corrected chi connectivity index (χ4v) is 9.29. The van der Waals surface area contributed by atoms with Crippen LogP contribution in [0.3, 0.4) is 0 Å². The Bertz CT molecular complexity index is 1820. The number of hydrogen-bond acceptors (Lipinski definition) is 17. The normalized spacial score (nSPS) is 16.2. The molecule has 1 aliphatic heterocycles. The van der Waals surface area contributed by atoms with Crippen molar-refractivity contribution in [2.45, 2.75) is 82.2 Å². The van der Waals surface area contributed by atoms with Gasteiger partial charge in [-0.2, -0.15) is 11.8 Å². The van der Waals surface area contributed by atoms with Crippen LogP contribution >= 0.6 is 11.8 Å². The van der Waals surface area contributed by atoms with Gasteiger partial charge in [-0.3, -0.25) is 43.4 Å². The Balaban J connectivity index is 1.56. The Morgan fingerprint density at radius 1 is 0.726 bits per heavy atom. The van der Waals surface area contributed by atoms with Crippen molar-refractivity contribution in [2.24, 2.45) is 11.7 Å². The minimum atomic E-state index is -1.12. The number of amides is 5. The summed E-state index contributed by atoms with van der Waals surface area (Å²) in [6.07, 6.45) is 3.72. The van der Waals surface area contributed by atoms with Gasteiger partial charge in [0, 0.05) is 74.5 Å². The summed E-state index contributed by atoms with van der Waals surface area (Å²) >= 11 is 1.82.